The second kappa shape index (κ2) is 8.64. The second-order valence-corrected chi connectivity index (χ2v) is 8.02. The Morgan fingerprint density at radius 3 is 2.81 bits per heavy atom. The van der Waals surface area contributed by atoms with Crippen molar-refractivity contribution < 1.29 is 17.8 Å². The molecule has 0 saturated heterocycles. The van der Waals surface area contributed by atoms with E-state index in [1.807, 2.05) is 13.0 Å². The van der Waals surface area contributed by atoms with Crippen LogP contribution in [0, 0.1) is 11.6 Å². The SMILES string of the molecule is CCCS(=O)Nc1ccc(F)c(C(=O)Nc2cnc3[nH]c(-c4cn[nH]c4)cc3c2)c1F. The van der Waals surface area contributed by atoms with Crippen LogP contribution in [-0.2, 0) is 11.0 Å². The summed E-state index contributed by atoms with van der Waals surface area (Å²) in [4.78, 5) is 20.0. The predicted molar refractivity (Wildman–Crippen MR) is 115 cm³/mol. The van der Waals surface area contributed by atoms with Gasteiger partial charge in [-0.05, 0) is 30.7 Å². The molecule has 4 rings (SSSR count). The molecular formula is C20H18F2N6O2S. The number of benzene rings is 1. The van der Waals surface area contributed by atoms with E-state index in [0.29, 0.717) is 23.2 Å². The van der Waals surface area contributed by atoms with E-state index in [1.165, 1.54) is 6.20 Å². The third-order valence-corrected chi connectivity index (χ3v) is 5.70. The minimum Gasteiger partial charge on any atom is -0.339 e. The Balaban J connectivity index is 1.59. The monoisotopic (exact) mass is 444 g/mol. The first-order valence-electron chi connectivity index (χ1n) is 9.38. The summed E-state index contributed by atoms with van der Waals surface area (Å²) in [5.41, 5.74) is 1.47. The van der Waals surface area contributed by atoms with Gasteiger partial charge in [0.05, 0.1) is 29.5 Å². The predicted octanol–water partition coefficient (Wildman–Crippen LogP) is 3.97. The lowest BCUT2D eigenvalue weighted by molar-refractivity contribution is 0.101. The standard InChI is InChI=1S/C20H18F2N6O2S/c1-2-5-31(30)28-15-4-3-14(21)17(18(15)22)20(29)26-13-6-11-7-16(12-8-24-25-9-12)27-19(11)23-10-13/h3-4,6-10,28H,2,5H2,1H3,(H,23,27)(H,24,25)(H,26,29). The van der Waals surface area contributed by atoms with Crippen molar-refractivity contribution in [2.75, 3.05) is 15.8 Å². The number of carbonyl (C=O) groups is 1. The number of nitrogens with zero attached hydrogens (tertiary/aromatic N) is 2. The summed E-state index contributed by atoms with van der Waals surface area (Å²) < 4.78 is 43.3. The lowest BCUT2D eigenvalue weighted by atomic mass is 10.1. The zero-order valence-corrected chi connectivity index (χ0v) is 17.1. The van der Waals surface area contributed by atoms with Crippen LogP contribution in [0.2, 0.25) is 0 Å². The third kappa shape index (κ3) is 4.31. The van der Waals surface area contributed by atoms with E-state index >= 15 is 0 Å². The first-order chi connectivity index (χ1) is 15.0. The van der Waals surface area contributed by atoms with Crippen LogP contribution in [0.3, 0.4) is 0 Å². The van der Waals surface area contributed by atoms with Crippen molar-refractivity contribution in [1.82, 2.24) is 20.2 Å². The summed E-state index contributed by atoms with van der Waals surface area (Å²) in [6.07, 6.45) is 5.36. The molecule has 1 atom stereocenters. The molecular weight excluding hydrogens is 426 g/mol. The van der Waals surface area contributed by atoms with Gasteiger partial charge in [-0.25, -0.2) is 18.0 Å². The lowest BCUT2D eigenvalue weighted by Gasteiger charge is -2.11. The van der Waals surface area contributed by atoms with Crippen LogP contribution in [0.15, 0.2) is 42.9 Å². The minimum absolute atomic E-state index is 0.206. The van der Waals surface area contributed by atoms with Crippen LogP contribution in [0.1, 0.15) is 23.7 Å². The zero-order chi connectivity index (χ0) is 22.0. The molecule has 160 valence electrons. The minimum atomic E-state index is -1.54. The third-order valence-electron chi connectivity index (χ3n) is 4.47. The molecule has 0 saturated carbocycles. The number of halogens is 2. The number of nitrogens with one attached hydrogen (secondary N) is 4. The molecule has 8 nitrogen and oxygen atoms in total. The molecule has 0 bridgehead atoms. The molecule has 3 aromatic heterocycles. The van der Waals surface area contributed by atoms with Crippen LogP contribution in [0.25, 0.3) is 22.3 Å². The Bertz CT molecular complexity index is 1270. The molecule has 1 amide bonds. The molecule has 1 unspecified atom stereocenters. The number of anilines is 2. The highest BCUT2D eigenvalue weighted by Gasteiger charge is 2.22. The zero-order valence-electron chi connectivity index (χ0n) is 16.3. The maximum Gasteiger partial charge on any atom is 0.261 e. The fourth-order valence-electron chi connectivity index (χ4n) is 3.03. The van der Waals surface area contributed by atoms with Gasteiger partial charge in [0.15, 0.2) is 5.82 Å². The van der Waals surface area contributed by atoms with Gasteiger partial charge in [-0.2, -0.15) is 5.10 Å². The molecule has 3 heterocycles. The molecule has 0 spiro atoms. The number of hydrogen-bond acceptors (Lipinski definition) is 4. The quantitative estimate of drug-likeness (QED) is 0.345. The Morgan fingerprint density at radius 1 is 1.23 bits per heavy atom. The van der Waals surface area contributed by atoms with E-state index < -0.39 is 34.1 Å². The number of aromatic nitrogens is 4. The number of hydrogen-bond donors (Lipinski definition) is 4. The number of aromatic amines is 2. The van der Waals surface area contributed by atoms with Crippen LogP contribution in [-0.4, -0.2) is 36.0 Å². The number of fused-ring (bicyclic) bond motifs is 1. The van der Waals surface area contributed by atoms with E-state index in [-0.39, 0.29) is 11.4 Å². The summed E-state index contributed by atoms with van der Waals surface area (Å²) in [5, 5.41) is 9.77. The number of amides is 1. The maximum atomic E-state index is 14.8. The van der Waals surface area contributed by atoms with Crippen molar-refractivity contribution in [2.45, 2.75) is 13.3 Å². The van der Waals surface area contributed by atoms with Gasteiger partial charge in [0.1, 0.15) is 28.0 Å². The molecule has 11 heteroatoms. The maximum absolute atomic E-state index is 14.8. The highest BCUT2D eigenvalue weighted by atomic mass is 32.2. The van der Waals surface area contributed by atoms with Gasteiger partial charge in [-0.1, -0.05) is 6.92 Å². The smallest absolute Gasteiger partial charge is 0.261 e. The molecule has 31 heavy (non-hydrogen) atoms. The first-order valence-corrected chi connectivity index (χ1v) is 10.7. The Hall–Kier alpha value is -3.60. The van der Waals surface area contributed by atoms with Crippen LogP contribution in [0.4, 0.5) is 20.2 Å². The molecule has 4 N–H and O–H groups in total. The molecule has 0 aliphatic rings. The van der Waals surface area contributed by atoms with E-state index in [2.05, 4.69) is 30.2 Å². The van der Waals surface area contributed by atoms with Gasteiger partial charge in [-0.3, -0.25) is 9.89 Å². The van der Waals surface area contributed by atoms with Crippen LogP contribution >= 0.6 is 0 Å². The molecule has 0 aliphatic heterocycles. The number of carbonyl (C=O) groups excluding carboxylic acids is 1. The van der Waals surface area contributed by atoms with Gasteiger partial charge >= 0.3 is 0 Å². The Morgan fingerprint density at radius 2 is 2.06 bits per heavy atom. The highest BCUT2D eigenvalue weighted by molar-refractivity contribution is 7.86. The van der Waals surface area contributed by atoms with Crippen LogP contribution < -0.4 is 10.0 Å². The van der Waals surface area contributed by atoms with Crippen molar-refractivity contribution in [3.05, 3.63) is 60.1 Å². The van der Waals surface area contributed by atoms with Gasteiger partial charge in [0, 0.05) is 22.9 Å². The van der Waals surface area contributed by atoms with Crippen LogP contribution in [0.5, 0.6) is 0 Å². The van der Waals surface area contributed by atoms with Crippen molar-refractivity contribution in [2.24, 2.45) is 0 Å². The summed E-state index contributed by atoms with van der Waals surface area (Å²) in [5.74, 6) is -2.83. The Kier molecular flexibility index (Phi) is 5.76. The Labute approximate surface area is 178 Å². The molecule has 4 aromatic rings. The van der Waals surface area contributed by atoms with E-state index in [0.717, 1.165) is 23.4 Å². The summed E-state index contributed by atoms with van der Waals surface area (Å²) in [6.45, 7) is 1.83. The second-order valence-electron chi connectivity index (χ2n) is 6.72. The molecule has 0 aliphatic carbocycles. The van der Waals surface area contributed by atoms with E-state index in [1.54, 1.807) is 18.5 Å². The molecule has 0 radical (unpaired) electrons. The first kappa shape index (κ1) is 20.7. The highest BCUT2D eigenvalue weighted by Crippen LogP contribution is 2.26. The summed E-state index contributed by atoms with van der Waals surface area (Å²) in [7, 11) is -1.54. The average molecular weight is 444 g/mol. The largest absolute Gasteiger partial charge is 0.339 e. The number of pyridine rings is 1. The van der Waals surface area contributed by atoms with Gasteiger partial charge in [0.25, 0.3) is 5.91 Å². The van der Waals surface area contributed by atoms with E-state index in [4.69, 9.17) is 0 Å². The fourth-order valence-corrected chi connectivity index (χ4v) is 3.91. The number of H-pyrrole nitrogens is 2. The van der Waals surface area contributed by atoms with Crippen molar-refractivity contribution >= 4 is 39.3 Å². The fraction of sp³-hybridized carbons (Fsp3) is 0.150. The van der Waals surface area contributed by atoms with Crippen molar-refractivity contribution in [1.29, 1.82) is 0 Å². The van der Waals surface area contributed by atoms with Gasteiger partial charge < -0.3 is 15.0 Å². The van der Waals surface area contributed by atoms with Crippen molar-refractivity contribution in [3.63, 3.8) is 0 Å². The lowest BCUT2D eigenvalue weighted by Crippen LogP contribution is -2.18. The molecule has 0 fully saturated rings. The number of rotatable bonds is 7. The van der Waals surface area contributed by atoms with E-state index in [9.17, 15) is 17.8 Å². The van der Waals surface area contributed by atoms with Gasteiger partial charge in [0.2, 0.25) is 0 Å². The topological polar surface area (TPSA) is 116 Å². The normalized spacial score (nSPS) is 12.1. The molecule has 1 aromatic carbocycles. The summed E-state index contributed by atoms with van der Waals surface area (Å²) >= 11 is 0. The summed E-state index contributed by atoms with van der Waals surface area (Å²) in [6, 6.07) is 5.51. The van der Waals surface area contributed by atoms with Gasteiger partial charge in [-0.15, -0.1) is 0 Å². The van der Waals surface area contributed by atoms with Crippen molar-refractivity contribution in [3.8, 4) is 11.3 Å². The average Bonchev–Trinajstić information content (AvgIpc) is 3.39.